The van der Waals surface area contributed by atoms with Gasteiger partial charge in [-0.25, -0.2) is 13.2 Å². The van der Waals surface area contributed by atoms with Gasteiger partial charge >= 0.3 is 5.97 Å². The zero-order valence-corrected chi connectivity index (χ0v) is 11.0. The van der Waals surface area contributed by atoms with E-state index < -0.39 is 15.8 Å². The summed E-state index contributed by atoms with van der Waals surface area (Å²) in [4.78, 5) is 11.6. The van der Waals surface area contributed by atoms with E-state index in [9.17, 15) is 13.2 Å². The van der Waals surface area contributed by atoms with Crippen molar-refractivity contribution >= 4 is 15.8 Å². The van der Waals surface area contributed by atoms with E-state index in [2.05, 4.69) is 4.74 Å². The van der Waals surface area contributed by atoms with Gasteiger partial charge in [-0.15, -0.1) is 0 Å². The maximum atomic E-state index is 12.0. The minimum atomic E-state index is -3.39. The minimum Gasteiger partial charge on any atom is -0.492 e. The molecule has 0 aromatic heterocycles. The van der Waals surface area contributed by atoms with Crippen molar-refractivity contribution in [2.24, 2.45) is 0 Å². The summed E-state index contributed by atoms with van der Waals surface area (Å²) < 4.78 is 34.1. The topological polar surface area (TPSA) is 69.7 Å². The number of carbonyl (C=O) groups is 1. The van der Waals surface area contributed by atoms with Gasteiger partial charge in [0, 0.05) is 0 Å². The van der Waals surface area contributed by atoms with Crippen molar-refractivity contribution in [1.82, 2.24) is 0 Å². The first kappa shape index (κ1) is 12.9. The lowest BCUT2D eigenvalue weighted by Gasteiger charge is -2.11. The average molecular weight is 270 g/mol. The highest BCUT2D eigenvalue weighted by Gasteiger charge is 2.26. The van der Waals surface area contributed by atoms with Gasteiger partial charge in [0.05, 0.1) is 25.0 Å². The summed E-state index contributed by atoms with van der Waals surface area (Å²) in [5.74, 6) is -0.198. The molecule has 0 atom stereocenters. The SMILES string of the molecule is COC(=O)c1cc2c(cc1C)OCCCS2(=O)=O. The van der Waals surface area contributed by atoms with Crippen molar-refractivity contribution in [1.29, 1.82) is 0 Å². The lowest BCUT2D eigenvalue weighted by molar-refractivity contribution is 0.0599. The van der Waals surface area contributed by atoms with Crippen molar-refractivity contribution in [2.75, 3.05) is 19.5 Å². The highest BCUT2D eigenvalue weighted by Crippen LogP contribution is 2.31. The molecule has 18 heavy (non-hydrogen) atoms. The summed E-state index contributed by atoms with van der Waals surface area (Å²) in [6.45, 7) is 2.08. The molecule has 1 aliphatic heterocycles. The molecule has 98 valence electrons. The second-order valence-corrected chi connectivity index (χ2v) is 6.20. The van der Waals surface area contributed by atoms with Crippen LogP contribution in [0.1, 0.15) is 22.3 Å². The van der Waals surface area contributed by atoms with Gasteiger partial charge in [-0.3, -0.25) is 0 Å². The fourth-order valence-electron chi connectivity index (χ4n) is 1.89. The van der Waals surface area contributed by atoms with Crippen LogP contribution >= 0.6 is 0 Å². The van der Waals surface area contributed by atoms with Crippen LogP contribution in [0, 0.1) is 6.92 Å². The standard InChI is InChI=1S/C12H14O5S/c1-8-6-10-11(7-9(8)12(13)16-2)18(14,15)5-3-4-17-10/h6-7H,3-5H2,1-2H3. The van der Waals surface area contributed by atoms with E-state index in [1.54, 1.807) is 13.0 Å². The number of rotatable bonds is 1. The van der Waals surface area contributed by atoms with E-state index in [1.165, 1.54) is 13.2 Å². The Balaban J connectivity index is 2.65. The molecule has 0 unspecified atom stereocenters. The van der Waals surface area contributed by atoms with Gasteiger partial charge in [0.2, 0.25) is 0 Å². The number of hydrogen-bond acceptors (Lipinski definition) is 5. The molecule has 0 N–H and O–H groups in total. The van der Waals surface area contributed by atoms with E-state index in [0.29, 0.717) is 24.3 Å². The number of aryl methyl sites for hydroxylation is 1. The number of benzene rings is 1. The third kappa shape index (κ3) is 2.20. The van der Waals surface area contributed by atoms with Gasteiger partial charge in [0.25, 0.3) is 0 Å². The molecule has 0 spiro atoms. The number of esters is 1. The van der Waals surface area contributed by atoms with Gasteiger partial charge in [0.1, 0.15) is 10.6 Å². The van der Waals surface area contributed by atoms with Crippen molar-refractivity contribution in [2.45, 2.75) is 18.2 Å². The van der Waals surface area contributed by atoms with Crippen LogP contribution < -0.4 is 4.74 Å². The monoisotopic (exact) mass is 270 g/mol. The fraction of sp³-hybridized carbons (Fsp3) is 0.417. The summed E-state index contributed by atoms with van der Waals surface area (Å²) in [5.41, 5.74) is 0.892. The molecule has 2 rings (SSSR count). The highest BCUT2D eigenvalue weighted by atomic mass is 32.2. The number of methoxy groups -OCH3 is 1. The predicted molar refractivity (Wildman–Crippen MR) is 64.7 cm³/mol. The second-order valence-electron chi connectivity index (χ2n) is 4.13. The van der Waals surface area contributed by atoms with Gasteiger partial charge < -0.3 is 9.47 Å². The molecule has 0 fully saturated rings. The zero-order chi connectivity index (χ0) is 13.3. The molecule has 0 saturated heterocycles. The van der Waals surface area contributed by atoms with Crippen molar-refractivity contribution in [3.63, 3.8) is 0 Å². The van der Waals surface area contributed by atoms with Crippen molar-refractivity contribution in [3.8, 4) is 5.75 Å². The smallest absolute Gasteiger partial charge is 0.338 e. The first-order valence-electron chi connectivity index (χ1n) is 5.54. The third-order valence-electron chi connectivity index (χ3n) is 2.85. The molecular formula is C12H14O5S. The summed E-state index contributed by atoms with van der Waals surface area (Å²) >= 11 is 0. The molecule has 1 aromatic rings. The van der Waals surface area contributed by atoms with Crippen LogP contribution in [-0.2, 0) is 14.6 Å². The zero-order valence-electron chi connectivity index (χ0n) is 10.2. The molecule has 0 radical (unpaired) electrons. The summed E-state index contributed by atoms with van der Waals surface area (Å²) in [7, 11) is -2.13. The Morgan fingerprint density at radius 1 is 1.39 bits per heavy atom. The largest absolute Gasteiger partial charge is 0.492 e. The van der Waals surface area contributed by atoms with Crippen LogP contribution in [0.4, 0.5) is 0 Å². The van der Waals surface area contributed by atoms with Gasteiger partial charge in [-0.05, 0) is 31.0 Å². The molecule has 0 saturated carbocycles. The van der Waals surface area contributed by atoms with Crippen LogP contribution in [0.15, 0.2) is 17.0 Å². The summed E-state index contributed by atoms with van der Waals surface area (Å²) in [6.07, 6.45) is 0.448. The Morgan fingerprint density at radius 3 is 2.78 bits per heavy atom. The molecular weight excluding hydrogens is 256 g/mol. The van der Waals surface area contributed by atoms with Crippen LogP contribution in [0.25, 0.3) is 0 Å². The summed E-state index contributed by atoms with van der Waals surface area (Å²) in [6, 6.07) is 2.92. The number of fused-ring (bicyclic) bond motifs is 1. The lowest BCUT2D eigenvalue weighted by Crippen LogP contribution is -2.09. The Hall–Kier alpha value is -1.56. The lowest BCUT2D eigenvalue weighted by atomic mass is 10.1. The Kier molecular flexibility index (Phi) is 3.30. The number of carbonyl (C=O) groups excluding carboxylic acids is 1. The Morgan fingerprint density at radius 2 is 2.11 bits per heavy atom. The van der Waals surface area contributed by atoms with Crippen molar-refractivity contribution in [3.05, 3.63) is 23.3 Å². The maximum Gasteiger partial charge on any atom is 0.338 e. The summed E-state index contributed by atoms with van der Waals surface area (Å²) in [5, 5.41) is 0. The molecule has 6 heteroatoms. The van der Waals surface area contributed by atoms with E-state index in [-0.39, 0.29) is 16.2 Å². The number of ether oxygens (including phenoxy) is 2. The molecule has 1 aliphatic rings. The van der Waals surface area contributed by atoms with E-state index >= 15 is 0 Å². The third-order valence-corrected chi connectivity index (χ3v) is 4.66. The molecule has 0 aliphatic carbocycles. The average Bonchev–Trinajstić information content (AvgIpc) is 2.46. The Labute approximate surface area is 106 Å². The van der Waals surface area contributed by atoms with E-state index in [4.69, 9.17) is 4.74 Å². The van der Waals surface area contributed by atoms with Gasteiger partial charge in [0.15, 0.2) is 9.84 Å². The maximum absolute atomic E-state index is 12.0. The number of sulfone groups is 1. The number of hydrogen-bond donors (Lipinski definition) is 0. The van der Waals surface area contributed by atoms with E-state index in [0.717, 1.165) is 0 Å². The Bertz CT molecular complexity index is 589. The fourth-order valence-corrected chi connectivity index (χ4v) is 3.33. The molecule has 1 aromatic carbocycles. The first-order valence-corrected chi connectivity index (χ1v) is 7.19. The minimum absolute atomic E-state index is 0.0314. The van der Waals surface area contributed by atoms with Gasteiger partial charge in [-0.2, -0.15) is 0 Å². The predicted octanol–water partition coefficient (Wildman–Crippen LogP) is 1.34. The highest BCUT2D eigenvalue weighted by molar-refractivity contribution is 7.91. The van der Waals surface area contributed by atoms with Crippen LogP contribution in [0.3, 0.4) is 0 Å². The van der Waals surface area contributed by atoms with Crippen molar-refractivity contribution < 1.29 is 22.7 Å². The molecule has 0 amide bonds. The molecule has 5 nitrogen and oxygen atoms in total. The quantitative estimate of drug-likeness (QED) is 0.720. The van der Waals surface area contributed by atoms with Crippen LogP contribution in [0.5, 0.6) is 5.75 Å². The normalized spacial score (nSPS) is 17.2. The first-order chi connectivity index (χ1) is 8.45. The second kappa shape index (κ2) is 4.61. The molecule has 0 bridgehead atoms. The van der Waals surface area contributed by atoms with Crippen LogP contribution in [-0.4, -0.2) is 33.9 Å². The van der Waals surface area contributed by atoms with E-state index in [1.807, 2.05) is 0 Å². The molecule has 1 heterocycles. The van der Waals surface area contributed by atoms with Gasteiger partial charge in [-0.1, -0.05) is 0 Å². The van der Waals surface area contributed by atoms with Crippen LogP contribution in [0.2, 0.25) is 0 Å².